The molecule has 0 radical (unpaired) electrons. The molecule has 1 unspecified atom stereocenters. The van der Waals surface area contributed by atoms with Crippen molar-refractivity contribution in [2.75, 3.05) is 5.32 Å². The number of hydrogen-bond donors (Lipinski definition) is 2. The van der Waals surface area contributed by atoms with E-state index < -0.39 is 22.7 Å². The molecular weight excluding hydrogens is 379 g/mol. The van der Waals surface area contributed by atoms with Crippen molar-refractivity contribution in [3.05, 3.63) is 81.3 Å². The Bertz CT molecular complexity index is 1170. The van der Waals surface area contributed by atoms with E-state index in [1.165, 1.54) is 35.0 Å². The van der Waals surface area contributed by atoms with Crippen LogP contribution in [0.3, 0.4) is 0 Å². The number of primary amides is 1. The van der Waals surface area contributed by atoms with Gasteiger partial charge in [-0.05, 0) is 24.6 Å². The van der Waals surface area contributed by atoms with Gasteiger partial charge in [0.1, 0.15) is 11.9 Å². The minimum atomic E-state index is -0.718. The molecule has 1 aliphatic rings. The predicted molar refractivity (Wildman–Crippen MR) is 102 cm³/mol. The maximum atomic E-state index is 13.4. The minimum absolute atomic E-state index is 0.0922. The Labute approximate surface area is 163 Å². The van der Waals surface area contributed by atoms with Crippen molar-refractivity contribution in [2.45, 2.75) is 13.0 Å². The van der Waals surface area contributed by atoms with Gasteiger partial charge >= 0.3 is 0 Å². The molecular formula is C19H15FN6O3. The second-order valence-corrected chi connectivity index (χ2v) is 6.49. The van der Waals surface area contributed by atoms with Crippen LogP contribution in [0.2, 0.25) is 0 Å². The Morgan fingerprint density at radius 3 is 2.66 bits per heavy atom. The van der Waals surface area contributed by atoms with Crippen LogP contribution < -0.4 is 11.1 Å². The van der Waals surface area contributed by atoms with Gasteiger partial charge in [0, 0.05) is 23.4 Å². The van der Waals surface area contributed by atoms with E-state index in [2.05, 4.69) is 15.4 Å². The monoisotopic (exact) mass is 394 g/mol. The number of nitro benzene ring substituents is 1. The number of halogens is 1. The highest BCUT2D eigenvalue weighted by molar-refractivity contribution is 5.95. The summed E-state index contributed by atoms with van der Waals surface area (Å²) in [4.78, 5) is 27.1. The Hall–Kier alpha value is -4.08. The lowest BCUT2D eigenvalue weighted by atomic mass is 9.95. The fourth-order valence-electron chi connectivity index (χ4n) is 3.30. The molecule has 2 heterocycles. The van der Waals surface area contributed by atoms with E-state index in [0.29, 0.717) is 22.8 Å². The van der Waals surface area contributed by atoms with Crippen molar-refractivity contribution in [2.24, 2.45) is 5.73 Å². The molecule has 1 aromatic heterocycles. The van der Waals surface area contributed by atoms with Crippen LogP contribution in [-0.4, -0.2) is 25.6 Å². The van der Waals surface area contributed by atoms with Crippen LogP contribution in [-0.2, 0) is 4.79 Å². The summed E-state index contributed by atoms with van der Waals surface area (Å²) in [5.41, 5.74) is 7.30. The van der Waals surface area contributed by atoms with Crippen molar-refractivity contribution in [3.63, 3.8) is 0 Å². The topological polar surface area (TPSA) is 129 Å². The maximum Gasteiger partial charge on any atom is 0.270 e. The van der Waals surface area contributed by atoms with Crippen LogP contribution in [0.4, 0.5) is 16.0 Å². The molecule has 1 aliphatic heterocycles. The number of nitrogens with zero attached hydrogens (tertiary/aromatic N) is 4. The third kappa shape index (κ3) is 3.20. The lowest BCUT2D eigenvalue weighted by Gasteiger charge is -2.27. The average Bonchev–Trinajstić information content (AvgIpc) is 3.11. The van der Waals surface area contributed by atoms with Gasteiger partial charge in [-0.15, -0.1) is 5.10 Å². The molecule has 1 amide bonds. The molecule has 3 N–H and O–H groups in total. The summed E-state index contributed by atoms with van der Waals surface area (Å²) < 4.78 is 14.9. The fourth-order valence-corrected chi connectivity index (χ4v) is 3.30. The van der Waals surface area contributed by atoms with Crippen molar-refractivity contribution in [1.82, 2.24) is 14.8 Å². The number of nitrogens with two attached hydrogens (primary N) is 1. The first-order valence-corrected chi connectivity index (χ1v) is 8.59. The molecule has 2 aromatic carbocycles. The zero-order chi connectivity index (χ0) is 20.7. The number of amides is 1. The third-order valence-corrected chi connectivity index (χ3v) is 4.62. The van der Waals surface area contributed by atoms with Gasteiger partial charge < -0.3 is 11.1 Å². The van der Waals surface area contributed by atoms with Crippen molar-refractivity contribution in [1.29, 1.82) is 0 Å². The number of nitrogens with one attached hydrogen (secondary N) is 1. The third-order valence-electron chi connectivity index (χ3n) is 4.62. The molecule has 29 heavy (non-hydrogen) atoms. The first-order valence-electron chi connectivity index (χ1n) is 8.59. The summed E-state index contributed by atoms with van der Waals surface area (Å²) in [5, 5.41) is 18.5. The quantitative estimate of drug-likeness (QED) is 0.517. The van der Waals surface area contributed by atoms with Gasteiger partial charge in [-0.2, -0.15) is 4.98 Å². The van der Waals surface area contributed by atoms with Crippen LogP contribution in [0.25, 0.3) is 11.4 Å². The van der Waals surface area contributed by atoms with E-state index in [9.17, 15) is 19.3 Å². The van der Waals surface area contributed by atoms with Gasteiger partial charge in [0.2, 0.25) is 11.9 Å². The Balaban J connectivity index is 1.86. The van der Waals surface area contributed by atoms with E-state index in [1.54, 1.807) is 25.1 Å². The van der Waals surface area contributed by atoms with E-state index >= 15 is 0 Å². The average molecular weight is 394 g/mol. The van der Waals surface area contributed by atoms with Crippen molar-refractivity contribution >= 4 is 17.5 Å². The Kier molecular flexibility index (Phi) is 4.30. The SMILES string of the molecule is CC1=C(C(N)=O)C(c2ccc(F)cc2)n2nc(-c3cccc([N+](=O)[O-])c3)nc2N1. The zero-order valence-electron chi connectivity index (χ0n) is 15.2. The van der Waals surface area contributed by atoms with Crippen LogP contribution in [0, 0.1) is 15.9 Å². The second-order valence-electron chi connectivity index (χ2n) is 6.49. The summed E-state index contributed by atoms with van der Waals surface area (Å²) in [6.07, 6.45) is 0. The normalized spacial score (nSPS) is 15.6. The summed E-state index contributed by atoms with van der Waals surface area (Å²) in [6.45, 7) is 1.68. The van der Waals surface area contributed by atoms with Crippen LogP contribution in [0.15, 0.2) is 59.8 Å². The fraction of sp³-hybridized carbons (Fsp3) is 0.105. The smallest absolute Gasteiger partial charge is 0.270 e. The summed E-state index contributed by atoms with van der Waals surface area (Å²) >= 11 is 0. The lowest BCUT2D eigenvalue weighted by molar-refractivity contribution is -0.384. The number of benzene rings is 2. The highest BCUT2D eigenvalue weighted by atomic mass is 19.1. The highest BCUT2D eigenvalue weighted by Crippen LogP contribution is 2.36. The first-order chi connectivity index (χ1) is 13.8. The number of nitro groups is 1. The summed E-state index contributed by atoms with van der Waals surface area (Å²) in [7, 11) is 0. The van der Waals surface area contributed by atoms with Gasteiger partial charge in [-0.1, -0.05) is 24.3 Å². The molecule has 10 heteroatoms. The van der Waals surface area contributed by atoms with Crippen LogP contribution in [0.1, 0.15) is 18.5 Å². The zero-order valence-corrected chi connectivity index (χ0v) is 15.2. The number of rotatable bonds is 4. The standard InChI is InChI=1S/C19H15FN6O3/c1-10-15(17(21)27)16(11-5-7-13(20)8-6-11)25-19(22-10)23-18(24-25)12-3-2-4-14(9-12)26(28)29/h2-9,16H,1H3,(H2,21,27)(H,22,23,24). The number of non-ortho nitro benzene ring substituents is 1. The largest absolute Gasteiger partial charge is 0.366 e. The van der Waals surface area contributed by atoms with E-state index in [4.69, 9.17) is 5.73 Å². The van der Waals surface area contributed by atoms with Gasteiger partial charge in [0.25, 0.3) is 5.69 Å². The first kappa shape index (κ1) is 18.3. The number of carbonyl (C=O) groups is 1. The molecule has 146 valence electrons. The number of hydrogen-bond acceptors (Lipinski definition) is 6. The van der Waals surface area contributed by atoms with E-state index in [0.717, 1.165) is 0 Å². The molecule has 3 aromatic rings. The van der Waals surface area contributed by atoms with Gasteiger partial charge in [-0.25, -0.2) is 9.07 Å². The molecule has 4 rings (SSSR count). The number of aromatic nitrogens is 3. The van der Waals surface area contributed by atoms with E-state index in [-0.39, 0.29) is 17.1 Å². The molecule has 1 atom stereocenters. The predicted octanol–water partition coefficient (Wildman–Crippen LogP) is 2.77. The van der Waals surface area contributed by atoms with Gasteiger partial charge in [-0.3, -0.25) is 14.9 Å². The minimum Gasteiger partial charge on any atom is -0.366 e. The molecule has 0 spiro atoms. The van der Waals surface area contributed by atoms with E-state index in [1.807, 2.05) is 0 Å². The van der Waals surface area contributed by atoms with Gasteiger partial charge in [0.15, 0.2) is 5.82 Å². The number of allylic oxidation sites excluding steroid dienone is 1. The lowest BCUT2D eigenvalue weighted by Crippen LogP contribution is -2.31. The summed E-state index contributed by atoms with van der Waals surface area (Å²) in [5.74, 6) is -0.493. The number of fused-ring (bicyclic) bond motifs is 1. The van der Waals surface area contributed by atoms with Crippen LogP contribution >= 0.6 is 0 Å². The summed E-state index contributed by atoms with van der Waals surface area (Å²) in [6, 6.07) is 10.9. The van der Waals surface area contributed by atoms with Gasteiger partial charge in [0.05, 0.1) is 10.5 Å². The molecule has 9 nitrogen and oxygen atoms in total. The maximum absolute atomic E-state index is 13.4. The number of anilines is 1. The highest BCUT2D eigenvalue weighted by Gasteiger charge is 2.33. The second kappa shape index (κ2) is 6.82. The number of carbonyl (C=O) groups excluding carboxylic acids is 1. The Morgan fingerprint density at radius 2 is 2.00 bits per heavy atom. The van der Waals surface area contributed by atoms with Crippen molar-refractivity contribution in [3.8, 4) is 11.4 Å². The van der Waals surface area contributed by atoms with Crippen LogP contribution in [0.5, 0.6) is 0 Å². The Morgan fingerprint density at radius 1 is 1.28 bits per heavy atom. The molecule has 0 saturated heterocycles. The molecule has 0 bridgehead atoms. The molecule has 0 aliphatic carbocycles. The molecule has 0 saturated carbocycles. The van der Waals surface area contributed by atoms with Crippen molar-refractivity contribution < 1.29 is 14.1 Å². The molecule has 0 fully saturated rings.